The lowest BCUT2D eigenvalue weighted by Crippen LogP contribution is -2.35. The third-order valence-corrected chi connectivity index (χ3v) is 3.03. The van der Waals surface area contributed by atoms with Crippen molar-refractivity contribution in [3.05, 3.63) is 0 Å². The molecule has 0 aromatic rings. The van der Waals surface area contributed by atoms with Gasteiger partial charge in [0.1, 0.15) is 0 Å². The average Bonchev–Trinajstić information content (AvgIpc) is 2.29. The lowest BCUT2D eigenvalue weighted by molar-refractivity contribution is 0.0107. The van der Waals surface area contributed by atoms with Gasteiger partial charge in [-0.1, -0.05) is 6.92 Å². The second-order valence-electron chi connectivity index (χ2n) is 4.29. The van der Waals surface area contributed by atoms with Crippen molar-refractivity contribution < 1.29 is 9.47 Å². The van der Waals surface area contributed by atoms with Crippen LogP contribution in [-0.4, -0.2) is 39.0 Å². The number of methoxy groups -OCH3 is 1. The summed E-state index contributed by atoms with van der Waals surface area (Å²) in [5.74, 6) is 0. The van der Waals surface area contributed by atoms with Gasteiger partial charge in [-0.2, -0.15) is 0 Å². The number of hydrogen-bond acceptors (Lipinski definition) is 3. The highest BCUT2D eigenvalue weighted by molar-refractivity contribution is 4.68. The highest BCUT2D eigenvalue weighted by Crippen LogP contribution is 2.14. The van der Waals surface area contributed by atoms with Crippen molar-refractivity contribution >= 4 is 0 Å². The molecule has 3 heteroatoms. The van der Waals surface area contributed by atoms with Crippen molar-refractivity contribution in [2.75, 3.05) is 26.9 Å². The summed E-state index contributed by atoms with van der Waals surface area (Å²) in [7, 11) is 1.76. The lowest BCUT2D eigenvalue weighted by Gasteiger charge is -2.24. The average molecular weight is 215 g/mol. The third kappa shape index (κ3) is 5.50. The fourth-order valence-corrected chi connectivity index (χ4v) is 2.01. The van der Waals surface area contributed by atoms with E-state index in [-0.39, 0.29) is 0 Å². The standard InChI is InChI=1S/C12H25NO2/c1-3-11(10-14-2)13-8-7-12-6-4-5-9-15-12/h11-13H,3-10H2,1-2H3. The predicted octanol–water partition coefficient (Wildman–Crippen LogP) is 1.96. The van der Waals surface area contributed by atoms with Crippen LogP contribution in [0.15, 0.2) is 0 Å². The van der Waals surface area contributed by atoms with Crippen molar-refractivity contribution in [2.24, 2.45) is 0 Å². The first-order valence-electron chi connectivity index (χ1n) is 6.20. The molecule has 1 N–H and O–H groups in total. The van der Waals surface area contributed by atoms with E-state index < -0.39 is 0 Å². The summed E-state index contributed by atoms with van der Waals surface area (Å²) in [6, 6.07) is 0.499. The predicted molar refractivity (Wildman–Crippen MR) is 62.2 cm³/mol. The van der Waals surface area contributed by atoms with Gasteiger partial charge < -0.3 is 14.8 Å². The van der Waals surface area contributed by atoms with E-state index in [0.717, 1.165) is 32.6 Å². The highest BCUT2D eigenvalue weighted by Gasteiger charge is 2.13. The minimum absolute atomic E-state index is 0.492. The van der Waals surface area contributed by atoms with Crippen LogP contribution in [0.1, 0.15) is 39.0 Å². The largest absolute Gasteiger partial charge is 0.383 e. The molecule has 0 aromatic carbocycles. The first-order valence-corrected chi connectivity index (χ1v) is 6.20. The van der Waals surface area contributed by atoms with Gasteiger partial charge in [0.05, 0.1) is 12.7 Å². The van der Waals surface area contributed by atoms with E-state index in [4.69, 9.17) is 9.47 Å². The van der Waals surface area contributed by atoms with E-state index in [1.54, 1.807) is 7.11 Å². The minimum atomic E-state index is 0.492. The Morgan fingerprint density at radius 2 is 2.33 bits per heavy atom. The molecule has 0 spiro atoms. The summed E-state index contributed by atoms with van der Waals surface area (Å²) in [6.07, 6.45) is 6.57. The Hall–Kier alpha value is -0.120. The molecule has 0 aliphatic carbocycles. The lowest BCUT2D eigenvalue weighted by atomic mass is 10.1. The molecular weight excluding hydrogens is 190 g/mol. The van der Waals surface area contributed by atoms with Crippen LogP contribution in [0.2, 0.25) is 0 Å². The van der Waals surface area contributed by atoms with Crippen LogP contribution in [0.3, 0.4) is 0 Å². The highest BCUT2D eigenvalue weighted by atomic mass is 16.5. The molecule has 1 heterocycles. The molecule has 1 saturated heterocycles. The third-order valence-electron chi connectivity index (χ3n) is 3.03. The number of ether oxygens (including phenoxy) is 2. The SMILES string of the molecule is CCC(COC)NCCC1CCCCO1. The molecule has 1 aliphatic heterocycles. The van der Waals surface area contributed by atoms with E-state index in [0.29, 0.717) is 12.1 Å². The summed E-state index contributed by atoms with van der Waals surface area (Å²) in [5.41, 5.74) is 0. The van der Waals surface area contributed by atoms with Gasteiger partial charge in [-0.25, -0.2) is 0 Å². The van der Waals surface area contributed by atoms with Crippen molar-refractivity contribution in [3.8, 4) is 0 Å². The maximum Gasteiger partial charge on any atom is 0.0615 e. The van der Waals surface area contributed by atoms with E-state index in [2.05, 4.69) is 12.2 Å². The maximum absolute atomic E-state index is 5.68. The molecule has 3 nitrogen and oxygen atoms in total. The van der Waals surface area contributed by atoms with Crippen LogP contribution >= 0.6 is 0 Å². The number of rotatable bonds is 7. The van der Waals surface area contributed by atoms with Crippen LogP contribution in [-0.2, 0) is 9.47 Å². The molecule has 2 unspecified atom stereocenters. The zero-order valence-electron chi connectivity index (χ0n) is 10.1. The molecule has 2 atom stereocenters. The van der Waals surface area contributed by atoms with E-state index >= 15 is 0 Å². The summed E-state index contributed by atoms with van der Waals surface area (Å²) >= 11 is 0. The van der Waals surface area contributed by atoms with Crippen LogP contribution in [0.25, 0.3) is 0 Å². The molecule has 90 valence electrons. The monoisotopic (exact) mass is 215 g/mol. The van der Waals surface area contributed by atoms with Crippen molar-refractivity contribution in [3.63, 3.8) is 0 Å². The Labute approximate surface area is 93.5 Å². The molecule has 1 fully saturated rings. The first-order chi connectivity index (χ1) is 7.36. The first kappa shape index (κ1) is 12.9. The zero-order chi connectivity index (χ0) is 10.9. The Morgan fingerprint density at radius 3 is 2.93 bits per heavy atom. The van der Waals surface area contributed by atoms with Crippen LogP contribution in [0.4, 0.5) is 0 Å². The second kappa shape index (κ2) is 8.08. The van der Waals surface area contributed by atoms with Gasteiger partial charge in [0.2, 0.25) is 0 Å². The molecule has 0 aromatic heterocycles. The minimum Gasteiger partial charge on any atom is -0.383 e. The van der Waals surface area contributed by atoms with Crippen molar-refractivity contribution in [1.82, 2.24) is 5.32 Å². The summed E-state index contributed by atoms with van der Waals surface area (Å²) in [5, 5.41) is 3.51. The number of nitrogens with one attached hydrogen (secondary N) is 1. The Kier molecular flexibility index (Phi) is 6.98. The molecule has 0 amide bonds. The van der Waals surface area contributed by atoms with Gasteiger partial charge in [-0.3, -0.25) is 0 Å². The quantitative estimate of drug-likeness (QED) is 0.704. The fraction of sp³-hybridized carbons (Fsp3) is 1.00. The second-order valence-corrected chi connectivity index (χ2v) is 4.29. The van der Waals surface area contributed by atoms with Crippen LogP contribution in [0, 0.1) is 0 Å². The van der Waals surface area contributed by atoms with Crippen LogP contribution in [0.5, 0.6) is 0 Å². The van der Waals surface area contributed by atoms with Gasteiger partial charge in [0.15, 0.2) is 0 Å². The van der Waals surface area contributed by atoms with Crippen LogP contribution < -0.4 is 5.32 Å². The fourth-order valence-electron chi connectivity index (χ4n) is 2.01. The molecule has 0 saturated carbocycles. The molecule has 1 aliphatic rings. The van der Waals surface area contributed by atoms with Gasteiger partial charge in [-0.05, 0) is 38.6 Å². The Balaban J connectivity index is 2.03. The van der Waals surface area contributed by atoms with E-state index in [1.807, 2.05) is 0 Å². The Morgan fingerprint density at radius 1 is 1.47 bits per heavy atom. The maximum atomic E-state index is 5.68. The molecule has 15 heavy (non-hydrogen) atoms. The van der Waals surface area contributed by atoms with Gasteiger partial charge in [0, 0.05) is 19.8 Å². The van der Waals surface area contributed by atoms with E-state index in [9.17, 15) is 0 Å². The van der Waals surface area contributed by atoms with E-state index in [1.165, 1.54) is 19.3 Å². The summed E-state index contributed by atoms with van der Waals surface area (Å²) in [6.45, 7) is 5.00. The smallest absolute Gasteiger partial charge is 0.0615 e. The molecular formula is C12H25NO2. The molecule has 0 bridgehead atoms. The van der Waals surface area contributed by atoms with Gasteiger partial charge >= 0.3 is 0 Å². The number of hydrogen-bond donors (Lipinski definition) is 1. The summed E-state index contributed by atoms with van der Waals surface area (Å²) < 4.78 is 10.8. The molecule has 0 radical (unpaired) electrons. The topological polar surface area (TPSA) is 30.5 Å². The Bertz CT molecular complexity index is 142. The van der Waals surface area contributed by atoms with Gasteiger partial charge in [0.25, 0.3) is 0 Å². The normalized spacial score (nSPS) is 24.0. The van der Waals surface area contributed by atoms with Crippen molar-refractivity contribution in [2.45, 2.75) is 51.2 Å². The summed E-state index contributed by atoms with van der Waals surface area (Å²) in [4.78, 5) is 0. The zero-order valence-corrected chi connectivity index (χ0v) is 10.1. The van der Waals surface area contributed by atoms with Gasteiger partial charge in [-0.15, -0.1) is 0 Å². The molecule has 1 rings (SSSR count). The van der Waals surface area contributed by atoms with Crippen molar-refractivity contribution in [1.29, 1.82) is 0 Å².